The van der Waals surface area contributed by atoms with Gasteiger partial charge in [-0.2, -0.15) is 0 Å². The molecular weight excluding hydrogens is 251 g/mol. The minimum absolute atomic E-state index is 0.168. The van der Waals surface area contributed by atoms with Gasteiger partial charge >= 0.3 is 0 Å². The molecule has 5 heteroatoms. The van der Waals surface area contributed by atoms with Crippen LogP contribution in [-0.2, 0) is 13.2 Å². The van der Waals surface area contributed by atoms with Crippen LogP contribution >= 0.6 is 11.3 Å². The highest BCUT2D eigenvalue weighted by molar-refractivity contribution is 7.09. The molecule has 1 N–H and O–H groups in total. The van der Waals surface area contributed by atoms with Gasteiger partial charge in [0.1, 0.15) is 5.82 Å². The Bertz CT molecular complexity index is 542. The number of thiazole rings is 1. The average molecular weight is 266 g/mol. The zero-order chi connectivity index (χ0) is 13.1. The summed E-state index contributed by atoms with van der Waals surface area (Å²) in [7, 11) is 1.92. The summed E-state index contributed by atoms with van der Waals surface area (Å²) >= 11 is 1.60. The number of rotatable bonds is 4. The van der Waals surface area contributed by atoms with Crippen LogP contribution in [0.4, 0.5) is 10.1 Å². The molecule has 96 valence electrons. The molecule has 0 aliphatic carbocycles. The summed E-state index contributed by atoms with van der Waals surface area (Å²) in [6.45, 7) is 2.51. The molecule has 0 fully saturated rings. The lowest BCUT2D eigenvalue weighted by atomic mass is 10.1. The lowest BCUT2D eigenvalue weighted by Gasteiger charge is -2.21. The Labute approximate surface area is 110 Å². The monoisotopic (exact) mass is 266 g/mol. The minimum Gasteiger partial charge on any atom is -0.392 e. The number of hydrogen-bond acceptors (Lipinski definition) is 4. The fourth-order valence-corrected chi connectivity index (χ4v) is 2.66. The number of benzene rings is 1. The lowest BCUT2D eigenvalue weighted by Crippen LogP contribution is -2.18. The maximum absolute atomic E-state index is 13.1. The largest absolute Gasteiger partial charge is 0.392 e. The topological polar surface area (TPSA) is 36.4 Å². The zero-order valence-corrected chi connectivity index (χ0v) is 11.2. The molecule has 18 heavy (non-hydrogen) atoms. The first-order valence-electron chi connectivity index (χ1n) is 5.61. The Morgan fingerprint density at radius 1 is 1.44 bits per heavy atom. The van der Waals surface area contributed by atoms with Gasteiger partial charge in [0, 0.05) is 23.2 Å². The van der Waals surface area contributed by atoms with Crippen LogP contribution in [0.15, 0.2) is 23.7 Å². The number of anilines is 1. The molecule has 0 radical (unpaired) electrons. The van der Waals surface area contributed by atoms with Crippen LogP contribution in [0.25, 0.3) is 0 Å². The SMILES string of the molecule is Cc1ncsc1CN(C)c1ccc(F)cc1CO. The van der Waals surface area contributed by atoms with E-state index in [0.29, 0.717) is 12.1 Å². The van der Waals surface area contributed by atoms with Crippen molar-refractivity contribution in [3.05, 3.63) is 45.7 Å². The van der Waals surface area contributed by atoms with E-state index in [-0.39, 0.29) is 12.4 Å². The molecule has 2 aromatic rings. The van der Waals surface area contributed by atoms with Gasteiger partial charge in [-0.1, -0.05) is 0 Å². The van der Waals surface area contributed by atoms with Crippen LogP contribution in [0, 0.1) is 12.7 Å². The quantitative estimate of drug-likeness (QED) is 0.924. The predicted octanol–water partition coefficient (Wildman–Crippen LogP) is 2.72. The molecule has 0 unspecified atom stereocenters. The van der Waals surface area contributed by atoms with Gasteiger partial charge in [-0.15, -0.1) is 11.3 Å². The van der Waals surface area contributed by atoms with Crippen LogP contribution in [0.2, 0.25) is 0 Å². The molecule has 0 atom stereocenters. The second kappa shape index (κ2) is 5.46. The highest BCUT2D eigenvalue weighted by Crippen LogP contribution is 2.24. The van der Waals surface area contributed by atoms with Crippen molar-refractivity contribution in [1.82, 2.24) is 4.98 Å². The molecule has 0 saturated heterocycles. The number of aromatic nitrogens is 1. The third-order valence-corrected chi connectivity index (χ3v) is 3.77. The molecule has 0 aliphatic heterocycles. The second-order valence-electron chi connectivity index (χ2n) is 4.15. The van der Waals surface area contributed by atoms with Crippen molar-refractivity contribution in [2.45, 2.75) is 20.1 Å². The predicted molar refractivity (Wildman–Crippen MR) is 71.3 cm³/mol. The number of nitrogens with zero attached hydrogens (tertiary/aromatic N) is 2. The van der Waals surface area contributed by atoms with Crippen molar-refractivity contribution in [2.75, 3.05) is 11.9 Å². The summed E-state index contributed by atoms with van der Waals surface area (Å²) in [6.07, 6.45) is 0. The zero-order valence-electron chi connectivity index (χ0n) is 10.4. The standard InChI is InChI=1S/C13H15FN2OS/c1-9-13(18-8-15-9)6-16(2)12-4-3-11(14)5-10(12)7-17/h3-5,8,17H,6-7H2,1-2H3. The molecule has 0 amide bonds. The Hall–Kier alpha value is -1.46. The smallest absolute Gasteiger partial charge is 0.123 e. The lowest BCUT2D eigenvalue weighted by molar-refractivity contribution is 0.281. The van der Waals surface area contributed by atoms with E-state index in [0.717, 1.165) is 11.4 Å². The third-order valence-electron chi connectivity index (χ3n) is 2.85. The fraction of sp³-hybridized carbons (Fsp3) is 0.308. The van der Waals surface area contributed by atoms with Crippen LogP contribution in [-0.4, -0.2) is 17.1 Å². The summed E-state index contributed by atoms with van der Waals surface area (Å²) in [5.41, 5.74) is 4.27. The van der Waals surface area contributed by atoms with Crippen LogP contribution in [0.3, 0.4) is 0 Å². The molecule has 3 nitrogen and oxygen atoms in total. The number of aryl methyl sites for hydroxylation is 1. The highest BCUT2D eigenvalue weighted by Gasteiger charge is 2.11. The van der Waals surface area contributed by atoms with Gasteiger partial charge in [-0.3, -0.25) is 0 Å². The molecule has 0 bridgehead atoms. The van der Waals surface area contributed by atoms with E-state index in [9.17, 15) is 9.50 Å². The van der Waals surface area contributed by atoms with Crippen molar-refractivity contribution in [2.24, 2.45) is 0 Å². The van der Waals surface area contributed by atoms with Gasteiger partial charge < -0.3 is 10.0 Å². The number of aliphatic hydroxyl groups is 1. The third kappa shape index (κ3) is 2.68. The van der Waals surface area contributed by atoms with E-state index in [1.165, 1.54) is 17.0 Å². The summed E-state index contributed by atoms with van der Waals surface area (Å²) in [5.74, 6) is -0.329. The van der Waals surface area contributed by atoms with Gasteiger partial charge in [0.2, 0.25) is 0 Å². The molecule has 0 saturated carbocycles. The first-order chi connectivity index (χ1) is 8.61. The fourth-order valence-electron chi connectivity index (χ4n) is 1.83. The van der Waals surface area contributed by atoms with Gasteiger partial charge in [0.25, 0.3) is 0 Å². The Balaban J connectivity index is 2.23. The Morgan fingerprint density at radius 2 is 2.22 bits per heavy atom. The second-order valence-corrected chi connectivity index (χ2v) is 5.09. The van der Waals surface area contributed by atoms with Gasteiger partial charge in [0.05, 0.1) is 24.4 Å². The molecule has 0 aliphatic rings. The van der Waals surface area contributed by atoms with Crippen molar-refractivity contribution in [1.29, 1.82) is 0 Å². The number of hydrogen-bond donors (Lipinski definition) is 1. The molecular formula is C13H15FN2OS. The van der Waals surface area contributed by atoms with Crippen molar-refractivity contribution in [3.8, 4) is 0 Å². The average Bonchev–Trinajstić information content (AvgIpc) is 2.74. The van der Waals surface area contributed by atoms with Crippen LogP contribution in [0.1, 0.15) is 16.1 Å². The van der Waals surface area contributed by atoms with Crippen molar-refractivity contribution in [3.63, 3.8) is 0 Å². The molecule has 1 aromatic carbocycles. The number of aliphatic hydroxyl groups excluding tert-OH is 1. The Morgan fingerprint density at radius 3 is 2.83 bits per heavy atom. The van der Waals surface area contributed by atoms with E-state index in [1.807, 2.05) is 24.4 Å². The van der Waals surface area contributed by atoms with E-state index in [1.54, 1.807) is 17.4 Å². The summed E-state index contributed by atoms with van der Waals surface area (Å²) in [4.78, 5) is 7.37. The molecule has 2 rings (SSSR count). The molecule has 0 spiro atoms. The number of halogens is 1. The normalized spacial score (nSPS) is 10.7. The van der Waals surface area contributed by atoms with E-state index in [4.69, 9.17) is 0 Å². The van der Waals surface area contributed by atoms with Crippen molar-refractivity contribution < 1.29 is 9.50 Å². The van der Waals surface area contributed by atoms with E-state index < -0.39 is 0 Å². The molecule has 1 heterocycles. The van der Waals surface area contributed by atoms with Gasteiger partial charge in [-0.05, 0) is 25.1 Å². The van der Waals surface area contributed by atoms with Crippen molar-refractivity contribution >= 4 is 17.0 Å². The minimum atomic E-state index is -0.329. The summed E-state index contributed by atoms with van der Waals surface area (Å²) in [5, 5.41) is 9.27. The first kappa shape index (κ1) is 13.0. The van der Waals surface area contributed by atoms with E-state index in [2.05, 4.69) is 4.98 Å². The van der Waals surface area contributed by atoms with Gasteiger partial charge in [0.15, 0.2) is 0 Å². The highest BCUT2D eigenvalue weighted by atomic mass is 32.1. The summed E-state index contributed by atoms with van der Waals surface area (Å²) in [6, 6.07) is 4.47. The maximum Gasteiger partial charge on any atom is 0.123 e. The van der Waals surface area contributed by atoms with Gasteiger partial charge in [-0.25, -0.2) is 9.37 Å². The maximum atomic E-state index is 13.1. The summed E-state index contributed by atoms with van der Waals surface area (Å²) < 4.78 is 13.1. The first-order valence-corrected chi connectivity index (χ1v) is 6.49. The van der Waals surface area contributed by atoms with E-state index >= 15 is 0 Å². The molecule has 1 aromatic heterocycles. The van der Waals surface area contributed by atoms with Crippen LogP contribution in [0.5, 0.6) is 0 Å². The van der Waals surface area contributed by atoms with Crippen LogP contribution < -0.4 is 4.90 Å². The Kier molecular flexibility index (Phi) is 3.93.